The van der Waals surface area contributed by atoms with Crippen LogP contribution in [0.2, 0.25) is 0 Å². The molecule has 0 aromatic heterocycles. The molecule has 1 heterocycles. The zero-order valence-corrected chi connectivity index (χ0v) is 15.6. The highest BCUT2D eigenvalue weighted by Crippen LogP contribution is 2.28. The first-order valence-electron chi connectivity index (χ1n) is 7.35. The summed E-state index contributed by atoms with van der Waals surface area (Å²) in [5.74, 6) is -0.0493. The average molecular weight is 379 g/mol. The molecule has 1 unspecified atom stereocenters. The first-order valence-corrected chi connectivity index (χ1v) is 8.79. The molecule has 0 bridgehead atoms. The monoisotopic (exact) mass is 378 g/mol. The number of ether oxygens (including phenoxy) is 2. The van der Waals surface area contributed by atoms with Crippen LogP contribution >= 0.6 is 12.4 Å². The number of carbonyl (C=O) groups excluding carboxylic acids is 1. The van der Waals surface area contributed by atoms with E-state index in [2.05, 4.69) is 10.1 Å². The Hall–Kier alpha value is -1.35. The molecule has 0 radical (unpaired) electrons. The third kappa shape index (κ3) is 4.18. The lowest BCUT2D eigenvalue weighted by Gasteiger charge is -2.17. The number of halogens is 1. The predicted molar refractivity (Wildman–Crippen MR) is 92.4 cm³/mol. The Morgan fingerprint density at radius 3 is 2.67 bits per heavy atom. The van der Waals surface area contributed by atoms with Gasteiger partial charge in [0, 0.05) is 13.1 Å². The summed E-state index contributed by atoms with van der Waals surface area (Å²) in [4.78, 5) is 11.9. The van der Waals surface area contributed by atoms with Gasteiger partial charge in [0.2, 0.25) is 10.0 Å². The van der Waals surface area contributed by atoms with E-state index in [-0.39, 0.29) is 28.6 Å². The number of sulfonamides is 1. The maximum absolute atomic E-state index is 12.8. The quantitative estimate of drug-likeness (QED) is 0.747. The summed E-state index contributed by atoms with van der Waals surface area (Å²) in [5, 5.41) is 3.07. The second-order valence-electron chi connectivity index (χ2n) is 5.43. The molecule has 0 saturated carbocycles. The minimum absolute atomic E-state index is 0. The summed E-state index contributed by atoms with van der Waals surface area (Å²) >= 11 is 0. The van der Waals surface area contributed by atoms with E-state index >= 15 is 0 Å². The van der Waals surface area contributed by atoms with E-state index in [9.17, 15) is 13.2 Å². The summed E-state index contributed by atoms with van der Waals surface area (Å²) in [6.45, 7) is 1.74. The first-order chi connectivity index (χ1) is 10.9. The van der Waals surface area contributed by atoms with Crippen LogP contribution in [-0.2, 0) is 14.8 Å². The molecule has 2 rings (SSSR count). The van der Waals surface area contributed by atoms with Gasteiger partial charge in [0.05, 0.1) is 19.1 Å². The normalized spacial score (nSPS) is 18.0. The van der Waals surface area contributed by atoms with Gasteiger partial charge in [-0.25, -0.2) is 13.2 Å². The Morgan fingerprint density at radius 2 is 2.08 bits per heavy atom. The van der Waals surface area contributed by atoms with Crippen molar-refractivity contribution in [1.82, 2.24) is 9.62 Å². The largest absolute Gasteiger partial charge is 0.496 e. The molecular formula is C15H23ClN2O5S. The van der Waals surface area contributed by atoms with E-state index in [1.165, 1.54) is 36.7 Å². The Bertz CT molecular complexity index is 680. The number of methoxy groups -OCH3 is 2. The fraction of sp³-hybridized carbons (Fsp3) is 0.533. The Morgan fingerprint density at radius 1 is 1.38 bits per heavy atom. The van der Waals surface area contributed by atoms with Crippen LogP contribution in [0.4, 0.5) is 0 Å². The second kappa shape index (κ2) is 8.66. The predicted octanol–water partition coefficient (Wildman–Crippen LogP) is 1.13. The van der Waals surface area contributed by atoms with Crippen molar-refractivity contribution in [2.75, 3.05) is 40.9 Å². The maximum Gasteiger partial charge on any atom is 0.341 e. The molecule has 0 aliphatic carbocycles. The second-order valence-corrected chi connectivity index (χ2v) is 7.37. The number of hydrogen-bond acceptors (Lipinski definition) is 6. The lowest BCUT2D eigenvalue weighted by molar-refractivity contribution is 0.0597. The van der Waals surface area contributed by atoms with Crippen LogP contribution < -0.4 is 10.1 Å². The van der Waals surface area contributed by atoms with Gasteiger partial charge in [0.25, 0.3) is 0 Å². The van der Waals surface area contributed by atoms with Crippen molar-refractivity contribution >= 4 is 28.4 Å². The van der Waals surface area contributed by atoms with E-state index in [1.54, 1.807) is 0 Å². The molecule has 0 amide bonds. The summed E-state index contributed by atoms with van der Waals surface area (Å²) < 4.78 is 36.8. The van der Waals surface area contributed by atoms with Crippen LogP contribution in [0, 0.1) is 5.92 Å². The maximum atomic E-state index is 12.8. The standard InChI is InChI=1S/C15H22N2O5S.ClH/c1-16-9-11-6-7-17(10-11)23(19,20)12-4-5-14(21-2)13(8-12)15(18)22-3;/h4-5,8,11,16H,6-7,9-10H2,1-3H3;1H. The molecule has 7 nitrogen and oxygen atoms in total. The van der Waals surface area contributed by atoms with Gasteiger partial charge >= 0.3 is 5.97 Å². The van der Waals surface area contributed by atoms with Crippen molar-refractivity contribution in [3.8, 4) is 5.75 Å². The zero-order chi connectivity index (χ0) is 17.0. The van der Waals surface area contributed by atoms with Gasteiger partial charge in [0.15, 0.2) is 0 Å². The summed E-state index contributed by atoms with van der Waals surface area (Å²) in [6.07, 6.45) is 0.820. The lowest BCUT2D eigenvalue weighted by atomic mass is 10.1. The van der Waals surface area contributed by atoms with Crippen LogP contribution in [0.3, 0.4) is 0 Å². The molecule has 1 saturated heterocycles. The molecule has 1 aromatic rings. The van der Waals surface area contributed by atoms with E-state index in [1.807, 2.05) is 7.05 Å². The van der Waals surface area contributed by atoms with Crippen LogP contribution in [0.5, 0.6) is 5.75 Å². The Balaban J connectivity index is 0.00000288. The van der Waals surface area contributed by atoms with Crippen molar-refractivity contribution < 1.29 is 22.7 Å². The van der Waals surface area contributed by atoms with Crippen molar-refractivity contribution in [3.05, 3.63) is 23.8 Å². The Kier molecular flexibility index (Phi) is 7.47. The summed E-state index contributed by atoms with van der Waals surface area (Å²) in [5.41, 5.74) is 0.0991. The molecule has 0 spiro atoms. The molecule has 1 fully saturated rings. The van der Waals surface area contributed by atoms with Crippen molar-refractivity contribution in [1.29, 1.82) is 0 Å². The molecule has 1 aliphatic rings. The fourth-order valence-corrected chi connectivity index (χ4v) is 4.29. The number of esters is 1. The topological polar surface area (TPSA) is 84.9 Å². The number of nitrogens with zero attached hydrogens (tertiary/aromatic N) is 1. The molecule has 9 heteroatoms. The third-order valence-corrected chi connectivity index (χ3v) is 5.82. The van der Waals surface area contributed by atoms with Gasteiger partial charge in [0.1, 0.15) is 11.3 Å². The molecule has 1 aliphatic heterocycles. The van der Waals surface area contributed by atoms with Gasteiger partial charge < -0.3 is 14.8 Å². The van der Waals surface area contributed by atoms with Gasteiger partial charge in [-0.3, -0.25) is 0 Å². The molecule has 136 valence electrons. The zero-order valence-electron chi connectivity index (χ0n) is 13.9. The average Bonchev–Trinajstić information content (AvgIpc) is 3.03. The highest BCUT2D eigenvalue weighted by atomic mass is 35.5. The first kappa shape index (κ1) is 20.7. The smallest absolute Gasteiger partial charge is 0.341 e. The number of hydrogen-bond donors (Lipinski definition) is 1. The van der Waals surface area contributed by atoms with Crippen LogP contribution in [0.25, 0.3) is 0 Å². The molecular weight excluding hydrogens is 356 g/mol. The highest BCUT2D eigenvalue weighted by Gasteiger charge is 2.33. The van der Waals surface area contributed by atoms with Crippen molar-refractivity contribution in [3.63, 3.8) is 0 Å². The van der Waals surface area contributed by atoms with E-state index < -0.39 is 16.0 Å². The van der Waals surface area contributed by atoms with Gasteiger partial charge in [-0.15, -0.1) is 12.4 Å². The minimum Gasteiger partial charge on any atom is -0.496 e. The van der Waals surface area contributed by atoms with Crippen LogP contribution in [-0.4, -0.2) is 59.6 Å². The molecule has 1 N–H and O–H groups in total. The number of carbonyl (C=O) groups is 1. The fourth-order valence-electron chi connectivity index (χ4n) is 2.74. The summed E-state index contributed by atoms with van der Waals surface area (Å²) in [6, 6.07) is 4.23. The van der Waals surface area contributed by atoms with Gasteiger partial charge in [-0.1, -0.05) is 0 Å². The van der Waals surface area contributed by atoms with Gasteiger partial charge in [-0.05, 0) is 44.1 Å². The van der Waals surface area contributed by atoms with Crippen molar-refractivity contribution in [2.24, 2.45) is 5.92 Å². The number of benzene rings is 1. The SMILES string of the molecule is CNCC1CCN(S(=O)(=O)c2ccc(OC)c(C(=O)OC)c2)C1.Cl. The van der Waals surface area contributed by atoms with Gasteiger partial charge in [-0.2, -0.15) is 4.31 Å². The van der Waals surface area contributed by atoms with E-state index in [0.717, 1.165) is 13.0 Å². The summed E-state index contributed by atoms with van der Waals surface area (Å²) in [7, 11) is 0.871. The van der Waals surface area contributed by atoms with Crippen molar-refractivity contribution in [2.45, 2.75) is 11.3 Å². The molecule has 1 atom stereocenters. The highest BCUT2D eigenvalue weighted by molar-refractivity contribution is 7.89. The third-order valence-electron chi connectivity index (χ3n) is 3.96. The number of nitrogens with one attached hydrogen (secondary N) is 1. The lowest BCUT2D eigenvalue weighted by Crippen LogP contribution is -2.30. The molecule has 1 aromatic carbocycles. The number of rotatable bonds is 6. The van der Waals surface area contributed by atoms with E-state index in [4.69, 9.17) is 4.74 Å². The van der Waals surface area contributed by atoms with Crippen LogP contribution in [0.15, 0.2) is 23.1 Å². The van der Waals surface area contributed by atoms with E-state index in [0.29, 0.717) is 19.0 Å². The Labute approximate surface area is 148 Å². The van der Waals surface area contributed by atoms with Crippen LogP contribution in [0.1, 0.15) is 16.8 Å². The minimum atomic E-state index is -3.64. The molecule has 24 heavy (non-hydrogen) atoms.